The van der Waals surface area contributed by atoms with Gasteiger partial charge in [0.15, 0.2) is 0 Å². The molecule has 2 aliphatic heterocycles. The maximum Gasteiger partial charge on any atom is 0.249 e. The van der Waals surface area contributed by atoms with E-state index in [9.17, 15) is 4.79 Å². The van der Waals surface area contributed by atoms with Crippen molar-refractivity contribution in [3.8, 4) is 0 Å². The minimum absolute atomic E-state index is 0. The predicted octanol–water partition coefficient (Wildman–Crippen LogP) is 4.14. The van der Waals surface area contributed by atoms with Crippen molar-refractivity contribution in [3.05, 3.63) is 59.7 Å². The summed E-state index contributed by atoms with van der Waals surface area (Å²) < 4.78 is 0. The van der Waals surface area contributed by atoms with Gasteiger partial charge in [-0.15, -0.1) is 24.8 Å². The molecule has 2 heterocycles. The Morgan fingerprint density at radius 1 is 1.03 bits per heavy atom. The van der Waals surface area contributed by atoms with Crippen molar-refractivity contribution in [1.82, 2.24) is 5.32 Å². The van der Waals surface area contributed by atoms with Crippen LogP contribution < -0.4 is 15.5 Å². The Kier molecular flexibility index (Phi) is 8.71. The van der Waals surface area contributed by atoms with E-state index in [2.05, 4.69) is 59.7 Å². The Morgan fingerprint density at radius 3 is 2.40 bits per heavy atom. The van der Waals surface area contributed by atoms with Crippen LogP contribution in [0.5, 0.6) is 0 Å². The number of carbonyl (C=O) groups excluding carboxylic acids is 1. The third-order valence-electron chi connectivity index (χ3n) is 5.33. The number of nitrogens with zero attached hydrogens (tertiary/aromatic N) is 2. The van der Waals surface area contributed by atoms with Crippen LogP contribution in [-0.4, -0.2) is 43.8 Å². The molecule has 5 nitrogen and oxygen atoms in total. The van der Waals surface area contributed by atoms with Gasteiger partial charge in [-0.3, -0.25) is 9.79 Å². The van der Waals surface area contributed by atoms with Crippen LogP contribution in [0.15, 0.2) is 53.5 Å². The maximum absolute atomic E-state index is 13.1. The fourth-order valence-corrected chi connectivity index (χ4v) is 3.96. The topological polar surface area (TPSA) is 56.7 Å². The molecule has 1 saturated heterocycles. The molecule has 0 bridgehead atoms. The summed E-state index contributed by atoms with van der Waals surface area (Å²) in [5, 5.41) is 6.62. The molecule has 4 rings (SSSR count). The van der Waals surface area contributed by atoms with Crippen LogP contribution in [0.4, 0.5) is 11.4 Å². The molecule has 0 aliphatic carbocycles. The lowest BCUT2D eigenvalue weighted by Crippen LogP contribution is -2.44. The standard InChI is InChI=1S/C23H28N4O.2ClH/c1-16(2)15-19-23(28)26-22-18(21(25-19)17-7-4-3-5-8-17)9-6-10-20(22)27-13-11-24-12-14-27;;/h3-10,16,19,24H,11-15H2,1-2H3,(H,26,28);2*1H/t19-;;/m1../s1. The van der Waals surface area contributed by atoms with Crippen LogP contribution in [0.1, 0.15) is 31.4 Å². The van der Waals surface area contributed by atoms with E-state index < -0.39 is 0 Å². The van der Waals surface area contributed by atoms with E-state index >= 15 is 0 Å². The van der Waals surface area contributed by atoms with Gasteiger partial charge >= 0.3 is 0 Å². The number of amides is 1. The number of hydrogen-bond donors (Lipinski definition) is 2. The SMILES string of the molecule is CC(C)C[C@H]1N=C(c2ccccc2)c2cccc(N3CCNCC3)c2NC1=O.Cl.Cl. The van der Waals surface area contributed by atoms with Gasteiger partial charge in [0.1, 0.15) is 6.04 Å². The smallest absolute Gasteiger partial charge is 0.249 e. The quantitative estimate of drug-likeness (QED) is 0.738. The number of anilines is 2. The molecule has 2 aromatic rings. The third-order valence-corrected chi connectivity index (χ3v) is 5.33. The first-order chi connectivity index (χ1) is 13.6. The molecule has 30 heavy (non-hydrogen) atoms. The van der Waals surface area contributed by atoms with E-state index in [4.69, 9.17) is 4.99 Å². The number of para-hydroxylation sites is 1. The Bertz CT molecular complexity index is 880. The molecule has 2 aromatic carbocycles. The van der Waals surface area contributed by atoms with Crippen LogP contribution in [0.25, 0.3) is 0 Å². The van der Waals surface area contributed by atoms with Crippen LogP contribution >= 0.6 is 24.8 Å². The predicted molar refractivity (Wildman–Crippen MR) is 130 cm³/mol. The lowest BCUT2D eigenvalue weighted by molar-refractivity contribution is -0.117. The van der Waals surface area contributed by atoms with Crippen molar-refractivity contribution in [2.75, 3.05) is 36.4 Å². The molecule has 162 valence electrons. The Balaban J connectivity index is 0.00000160. The van der Waals surface area contributed by atoms with Crippen molar-refractivity contribution in [2.45, 2.75) is 26.3 Å². The summed E-state index contributed by atoms with van der Waals surface area (Å²) in [7, 11) is 0. The van der Waals surface area contributed by atoms with Crippen molar-refractivity contribution in [3.63, 3.8) is 0 Å². The van der Waals surface area contributed by atoms with E-state index in [0.717, 1.165) is 60.8 Å². The lowest BCUT2D eigenvalue weighted by atomic mass is 9.99. The van der Waals surface area contributed by atoms with E-state index in [-0.39, 0.29) is 36.8 Å². The van der Waals surface area contributed by atoms with Gasteiger partial charge in [-0.25, -0.2) is 0 Å². The molecule has 0 aromatic heterocycles. The summed E-state index contributed by atoms with van der Waals surface area (Å²) >= 11 is 0. The third kappa shape index (κ3) is 5.15. The first-order valence-electron chi connectivity index (χ1n) is 10.2. The number of aliphatic imine (C=N–C) groups is 1. The van der Waals surface area contributed by atoms with Crippen molar-refractivity contribution >= 4 is 47.8 Å². The van der Waals surface area contributed by atoms with Crippen molar-refractivity contribution < 1.29 is 4.79 Å². The lowest BCUT2D eigenvalue weighted by Gasteiger charge is -2.31. The number of benzodiazepines with no additional fused rings is 1. The zero-order valence-corrected chi connectivity index (χ0v) is 19.1. The molecular weight excluding hydrogens is 419 g/mol. The zero-order chi connectivity index (χ0) is 19.5. The Hall–Kier alpha value is -2.08. The number of fused-ring (bicyclic) bond motifs is 1. The second kappa shape index (κ2) is 10.8. The highest BCUT2D eigenvalue weighted by Gasteiger charge is 2.29. The molecule has 2 N–H and O–H groups in total. The van der Waals surface area contributed by atoms with E-state index in [1.54, 1.807) is 0 Å². The molecule has 0 unspecified atom stereocenters. The first-order valence-corrected chi connectivity index (χ1v) is 10.2. The minimum Gasteiger partial charge on any atom is -0.367 e. The van der Waals surface area contributed by atoms with Gasteiger partial charge in [-0.05, 0) is 18.4 Å². The number of nitrogens with one attached hydrogen (secondary N) is 2. The molecule has 0 spiro atoms. The summed E-state index contributed by atoms with van der Waals surface area (Å²) in [5.74, 6) is 0.383. The highest BCUT2D eigenvalue weighted by atomic mass is 35.5. The van der Waals surface area contributed by atoms with Gasteiger partial charge in [0.2, 0.25) is 5.91 Å². The Labute approximate surface area is 191 Å². The molecule has 1 atom stereocenters. The van der Waals surface area contributed by atoms with Crippen LogP contribution in [-0.2, 0) is 4.79 Å². The Morgan fingerprint density at radius 2 is 1.73 bits per heavy atom. The number of piperazine rings is 1. The van der Waals surface area contributed by atoms with Gasteiger partial charge in [0.05, 0.1) is 17.1 Å². The molecule has 0 saturated carbocycles. The molecule has 1 amide bonds. The monoisotopic (exact) mass is 448 g/mol. The largest absolute Gasteiger partial charge is 0.367 e. The number of benzene rings is 2. The van der Waals surface area contributed by atoms with Crippen LogP contribution in [0.2, 0.25) is 0 Å². The average molecular weight is 449 g/mol. The van der Waals surface area contributed by atoms with Crippen molar-refractivity contribution in [2.24, 2.45) is 10.9 Å². The van der Waals surface area contributed by atoms with Gasteiger partial charge in [0.25, 0.3) is 0 Å². The normalized spacial score (nSPS) is 18.4. The van der Waals surface area contributed by atoms with Crippen LogP contribution in [0, 0.1) is 5.92 Å². The fourth-order valence-electron chi connectivity index (χ4n) is 3.96. The number of carbonyl (C=O) groups is 1. The minimum atomic E-state index is -0.376. The summed E-state index contributed by atoms with van der Waals surface area (Å²) in [6.45, 7) is 8.03. The fraction of sp³-hybridized carbons (Fsp3) is 0.391. The van der Waals surface area contributed by atoms with Gasteiger partial charge in [-0.1, -0.05) is 56.3 Å². The zero-order valence-electron chi connectivity index (χ0n) is 17.4. The van der Waals surface area contributed by atoms with Crippen molar-refractivity contribution in [1.29, 1.82) is 0 Å². The summed E-state index contributed by atoms with van der Waals surface area (Å²) in [5.41, 5.74) is 4.93. The second-order valence-electron chi connectivity index (χ2n) is 7.92. The molecule has 7 heteroatoms. The highest BCUT2D eigenvalue weighted by Crippen LogP contribution is 2.34. The summed E-state index contributed by atoms with van der Waals surface area (Å²) in [6, 6.07) is 16.1. The molecule has 2 aliphatic rings. The van der Waals surface area contributed by atoms with E-state index in [0.29, 0.717) is 5.92 Å². The highest BCUT2D eigenvalue weighted by molar-refractivity contribution is 6.21. The van der Waals surface area contributed by atoms with Gasteiger partial charge in [-0.2, -0.15) is 0 Å². The molecular formula is C23H30Cl2N4O. The number of halogens is 2. The first kappa shape index (κ1) is 24.2. The number of rotatable bonds is 4. The summed E-state index contributed by atoms with van der Waals surface area (Å²) in [6.07, 6.45) is 0.735. The van der Waals surface area contributed by atoms with Crippen LogP contribution in [0.3, 0.4) is 0 Å². The van der Waals surface area contributed by atoms with E-state index in [1.807, 2.05) is 18.2 Å². The average Bonchev–Trinajstić information content (AvgIpc) is 2.85. The second-order valence-corrected chi connectivity index (χ2v) is 7.92. The molecule has 0 radical (unpaired) electrons. The maximum atomic E-state index is 13.1. The van der Waals surface area contributed by atoms with Gasteiger partial charge < -0.3 is 15.5 Å². The number of hydrogen-bond acceptors (Lipinski definition) is 4. The molecule has 1 fully saturated rings. The summed E-state index contributed by atoms with van der Waals surface area (Å²) in [4.78, 5) is 20.4. The van der Waals surface area contributed by atoms with Gasteiger partial charge in [0, 0.05) is 37.3 Å². The van der Waals surface area contributed by atoms with E-state index in [1.165, 1.54) is 0 Å².